The third kappa shape index (κ3) is 2.73. The quantitative estimate of drug-likeness (QED) is 0.418. The van der Waals surface area contributed by atoms with Crippen molar-refractivity contribution >= 4 is 23.2 Å². The Morgan fingerprint density at radius 3 is 2.61 bits per heavy atom. The maximum Gasteiger partial charge on any atom is 0.275 e. The van der Waals surface area contributed by atoms with Gasteiger partial charge >= 0.3 is 0 Å². The molecule has 0 saturated carbocycles. The first-order chi connectivity index (χ1) is 8.70. The number of carbonyl (C=O) groups excluding carboxylic acids is 2. The lowest BCUT2D eigenvalue weighted by atomic mass is 10.4. The van der Waals surface area contributed by atoms with E-state index in [1.165, 1.54) is 12.3 Å². The van der Waals surface area contributed by atoms with Crippen LogP contribution >= 0.6 is 11.3 Å². The van der Waals surface area contributed by atoms with E-state index in [9.17, 15) is 9.59 Å². The molecule has 0 atom stereocenters. The molecule has 0 saturated heterocycles. The zero-order valence-electron chi connectivity index (χ0n) is 9.17. The molecule has 0 aromatic carbocycles. The van der Waals surface area contributed by atoms with Crippen LogP contribution in [0.2, 0.25) is 0 Å². The molecule has 7 nitrogen and oxygen atoms in total. The summed E-state index contributed by atoms with van der Waals surface area (Å²) in [7, 11) is 0. The summed E-state index contributed by atoms with van der Waals surface area (Å²) >= 11 is 1.06. The fraction of sp³-hybridized carbons (Fsp3) is 0.100. The highest BCUT2D eigenvalue weighted by molar-refractivity contribution is 7.15. The van der Waals surface area contributed by atoms with Crippen molar-refractivity contribution in [3.8, 4) is 0 Å². The number of rotatable bonds is 4. The third-order valence-corrected chi connectivity index (χ3v) is 3.18. The topological polar surface area (TPSA) is 110 Å². The van der Waals surface area contributed by atoms with Gasteiger partial charge in [-0.05, 0) is 12.1 Å². The Kier molecular flexibility index (Phi) is 3.70. The molecule has 2 aromatic rings. The van der Waals surface area contributed by atoms with Crippen molar-refractivity contribution < 1.29 is 14.1 Å². The van der Waals surface area contributed by atoms with E-state index in [1.54, 1.807) is 12.1 Å². The molecule has 0 aliphatic carbocycles. The molecular formula is C10H10N4O3S. The van der Waals surface area contributed by atoms with Crippen LogP contribution in [0.15, 0.2) is 28.9 Å². The standard InChI is InChI=1S/C10H10N4O3S/c11-14-10(16)8-2-1-7(18-8)9(15)12-5-6-3-4-13-17-6/h1-4H,5,11H2,(H,12,15)(H,14,16). The minimum absolute atomic E-state index is 0.245. The number of amides is 2. The van der Waals surface area contributed by atoms with E-state index in [4.69, 9.17) is 10.4 Å². The monoisotopic (exact) mass is 266 g/mol. The lowest BCUT2D eigenvalue weighted by Gasteiger charge is -1.99. The van der Waals surface area contributed by atoms with Crippen LogP contribution in [0, 0.1) is 0 Å². The normalized spacial score (nSPS) is 10.1. The number of nitrogen functional groups attached to an aromatic ring is 1. The Hall–Kier alpha value is -2.19. The SMILES string of the molecule is NNC(=O)c1ccc(C(=O)NCc2ccno2)s1. The summed E-state index contributed by atoms with van der Waals surface area (Å²) in [5, 5.41) is 6.17. The van der Waals surface area contributed by atoms with E-state index in [-0.39, 0.29) is 12.5 Å². The Labute approximate surface area is 106 Å². The molecule has 0 aliphatic heterocycles. The number of nitrogens with one attached hydrogen (secondary N) is 2. The number of hydrogen-bond acceptors (Lipinski definition) is 6. The first kappa shape index (κ1) is 12.3. The van der Waals surface area contributed by atoms with Gasteiger partial charge in [-0.25, -0.2) is 5.84 Å². The van der Waals surface area contributed by atoms with Crippen LogP contribution in [0.5, 0.6) is 0 Å². The summed E-state index contributed by atoms with van der Waals surface area (Å²) in [4.78, 5) is 23.8. The molecule has 2 aromatic heterocycles. The number of nitrogens with zero attached hydrogens (tertiary/aromatic N) is 1. The fourth-order valence-corrected chi connectivity index (χ4v) is 2.07. The first-order valence-electron chi connectivity index (χ1n) is 4.99. The van der Waals surface area contributed by atoms with Crippen molar-refractivity contribution in [2.75, 3.05) is 0 Å². The molecule has 0 fully saturated rings. The predicted molar refractivity (Wildman–Crippen MR) is 63.6 cm³/mol. The summed E-state index contributed by atoms with van der Waals surface area (Å²) in [6.07, 6.45) is 1.50. The van der Waals surface area contributed by atoms with E-state index in [1.807, 2.05) is 5.43 Å². The number of aromatic nitrogens is 1. The Morgan fingerprint density at radius 2 is 2.00 bits per heavy atom. The van der Waals surface area contributed by atoms with E-state index in [2.05, 4.69) is 10.5 Å². The molecule has 8 heteroatoms. The molecule has 94 valence electrons. The van der Waals surface area contributed by atoms with Gasteiger partial charge in [-0.2, -0.15) is 0 Å². The van der Waals surface area contributed by atoms with Gasteiger partial charge < -0.3 is 9.84 Å². The molecule has 18 heavy (non-hydrogen) atoms. The van der Waals surface area contributed by atoms with Crippen LogP contribution in [0.25, 0.3) is 0 Å². The molecule has 0 bridgehead atoms. The smallest absolute Gasteiger partial charge is 0.275 e. The van der Waals surface area contributed by atoms with Crippen molar-refractivity contribution in [3.63, 3.8) is 0 Å². The molecule has 2 rings (SSSR count). The number of nitrogens with two attached hydrogens (primary N) is 1. The van der Waals surface area contributed by atoms with Crippen LogP contribution in [0.1, 0.15) is 25.1 Å². The molecular weight excluding hydrogens is 256 g/mol. The first-order valence-corrected chi connectivity index (χ1v) is 5.81. The van der Waals surface area contributed by atoms with Gasteiger partial charge in [0, 0.05) is 6.07 Å². The molecule has 0 unspecified atom stereocenters. The van der Waals surface area contributed by atoms with Crippen molar-refractivity contribution in [1.82, 2.24) is 15.9 Å². The Bertz CT molecular complexity index is 549. The van der Waals surface area contributed by atoms with Gasteiger partial charge in [-0.3, -0.25) is 15.0 Å². The van der Waals surface area contributed by atoms with Crippen LogP contribution in [0.3, 0.4) is 0 Å². The molecule has 2 heterocycles. The number of carbonyl (C=O) groups is 2. The lowest BCUT2D eigenvalue weighted by Crippen LogP contribution is -2.29. The van der Waals surface area contributed by atoms with Gasteiger partial charge in [0.25, 0.3) is 11.8 Å². The maximum absolute atomic E-state index is 11.7. The van der Waals surface area contributed by atoms with Gasteiger partial charge in [0.1, 0.15) is 0 Å². The minimum atomic E-state index is -0.422. The second-order valence-electron chi connectivity index (χ2n) is 3.30. The van der Waals surface area contributed by atoms with E-state index in [0.29, 0.717) is 15.5 Å². The van der Waals surface area contributed by atoms with Crippen LogP contribution < -0.4 is 16.6 Å². The predicted octanol–water partition coefficient (Wildman–Crippen LogP) is 0.270. The van der Waals surface area contributed by atoms with Crippen molar-refractivity contribution in [3.05, 3.63) is 39.9 Å². The van der Waals surface area contributed by atoms with Crippen LogP contribution in [-0.2, 0) is 6.54 Å². The van der Waals surface area contributed by atoms with Gasteiger partial charge in [0.15, 0.2) is 5.76 Å². The molecule has 0 spiro atoms. The number of hydrogen-bond donors (Lipinski definition) is 3. The highest BCUT2D eigenvalue weighted by Crippen LogP contribution is 2.16. The van der Waals surface area contributed by atoms with Crippen LogP contribution in [-0.4, -0.2) is 17.0 Å². The number of hydrazine groups is 1. The summed E-state index contributed by atoms with van der Waals surface area (Å²) in [6.45, 7) is 0.245. The zero-order valence-corrected chi connectivity index (χ0v) is 9.99. The second kappa shape index (κ2) is 5.43. The van der Waals surface area contributed by atoms with Gasteiger partial charge in [-0.15, -0.1) is 11.3 Å². The Balaban J connectivity index is 1.96. The van der Waals surface area contributed by atoms with Gasteiger partial charge in [-0.1, -0.05) is 5.16 Å². The highest BCUT2D eigenvalue weighted by Gasteiger charge is 2.13. The lowest BCUT2D eigenvalue weighted by molar-refractivity contribution is 0.0947. The van der Waals surface area contributed by atoms with E-state index < -0.39 is 5.91 Å². The minimum Gasteiger partial charge on any atom is -0.360 e. The third-order valence-electron chi connectivity index (χ3n) is 2.10. The largest absolute Gasteiger partial charge is 0.360 e. The highest BCUT2D eigenvalue weighted by atomic mass is 32.1. The molecule has 0 aliphatic rings. The molecule has 2 amide bonds. The summed E-state index contributed by atoms with van der Waals surface area (Å²) < 4.78 is 4.84. The molecule has 0 radical (unpaired) electrons. The van der Waals surface area contributed by atoms with Gasteiger partial charge in [0.05, 0.1) is 22.5 Å². The van der Waals surface area contributed by atoms with E-state index >= 15 is 0 Å². The van der Waals surface area contributed by atoms with Crippen LogP contribution in [0.4, 0.5) is 0 Å². The number of thiophene rings is 1. The summed E-state index contributed by atoms with van der Waals surface area (Å²) in [6, 6.07) is 4.75. The zero-order chi connectivity index (χ0) is 13.0. The average Bonchev–Trinajstić information content (AvgIpc) is 3.05. The maximum atomic E-state index is 11.7. The van der Waals surface area contributed by atoms with Crippen molar-refractivity contribution in [2.45, 2.75) is 6.54 Å². The van der Waals surface area contributed by atoms with Crippen molar-refractivity contribution in [1.29, 1.82) is 0 Å². The van der Waals surface area contributed by atoms with E-state index in [0.717, 1.165) is 11.3 Å². The second-order valence-corrected chi connectivity index (χ2v) is 4.38. The van der Waals surface area contributed by atoms with Crippen molar-refractivity contribution in [2.24, 2.45) is 5.84 Å². The fourth-order valence-electron chi connectivity index (χ4n) is 1.24. The average molecular weight is 266 g/mol. The summed E-state index contributed by atoms with van der Waals surface area (Å²) in [5.41, 5.74) is 2.00. The Morgan fingerprint density at radius 1 is 1.28 bits per heavy atom. The summed E-state index contributed by atoms with van der Waals surface area (Å²) in [5.74, 6) is 4.85. The molecule has 4 N–H and O–H groups in total. The van der Waals surface area contributed by atoms with Gasteiger partial charge in [0.2, 0.25) is 0 Å².